The number of fused-ring (bicyclic) bond motifs is 3. The molecule has 1 fully saturated rings. The first-order valence-corrected chi connectivity index (χ1v) is 12.5. The third-order valence-electron chi connectivity index (χ3n) is 6.48. The van der Waals surface area contributed by atoms with Crippen molar-refractivity contribution in [2.75, 3.05) is 19.7 Å². The predicted molar refractivity (Wildman–Crippen MR) is 140 cm³/mol. The minimum absolute atomic E-state index is 0.0602. The van der Waals surface area contributed by atoms with E-state index in [4.69, 9.17) is 14.6 Å². The standard InChI is InChI=1S/C28H32N4O4/c1-5-35-23-12-7-6-9-20(23)21-10-8-11-22-25(21)26-31(29-22)18-15-24(33)32(26)19-13-16-30(17-14-19)27(34)36-28(2,3)4/h6-12,15,18-19H,5,13-14,16-17H2,1-4H3. The molecule has 2 aromatic carbocycles. The Bertz CT molecular complexity index is 1470. The van der Waals surface area contributed by atoms with Crippen molar-refractivity contribution in [2.24, 2.45) is 0 Å². The number of ether oxygens (including phenoxy) is 2. The highest BCUT2D eigenvalue weighted by Gasteiger charge is 2.29. The average Bonchev–Trinajstić information content (AvgIpc) is 3.23. The number of piperidine rings is 1. The van der Waals surface area contributed by atoms with Gasteiger partial charge in [-0.1, -0.05) is 30.3 Å². The van der Waals surface area contributed by atoms with E-state index >= 15 is 0 Å². The Morgan fingerprint density at radius 3 is 2.47 bits per heavy atom. The molecule has 0 bridgehead atoms. The van der Waals surface area contributed by atoms with Crippen LogP contribution in [0.25, 0.3) is 27.7 Å². The summed E-state index contributed by atoms with van der Waals surface area (Å²) in [6.45, 7) is 9.17. The number of amides is 1. The molecule has 1 aliphatic rings. The first kappa shape index (κ1) is 23.9. The molecule has 0 saturated carbocycles. The number of hydrogen-bond acceptors (Lipinski definition) is 5. The zero-order valence-corrected chi connectivity index (χ0v) is 21.2. The van der Waals surface area contributed by atoms with Gasteiger partial charge < -0.3 is 14.4 Å². The summed E-state index contributed by atoms with van der Waals surface area (Å²) in [5.74, 6) is 0.794. The van der Waals surface area contributed by atoms with Crippen LogP contribution in [0, 0.1) is 0 Å². The number of carbonyl (C=O) groups excluding carboxylic acids is 1. The van der Waals surface area contributed by atoms with Gasteiger partial charge in [-0.3, -0.25) is 9.36 Å². The number of rotatable bonds is 4. The van der Waals surface area contributed by atoms with Gasteiger partial charge in [-0.05, 0) is 58.2 Å². The van der Waals surface area contributed by atoms with Crippen molar-refractivity contribution < 1.29 is 14.3 Å². The van der Waals surface area contributed by atoms with Crippen LogP contribution in [-0.4, -0.2) is 50.5 Å². The molecule has 1 amide bonds. The Morgan fingerprint density at radius 2 is 1.75 bits per heavy atom. The first-order chi connectivity index (χ1) is 17.3. The molecular formula is C28H32N4O4. The molecule has 1 saturated heterocycles. The zero-order valence-electron chi connectivity index (χ0n) is 21.2. The van der Waals surface area contributed by atoms with E-state index in [0.29, 0.717) is 32.5 Å². The van der Waals surface area contributed by atoms with Gasteiger partial charge in [-0.2, -0.15) is 5.10 Å². The summed E-state index contributed by atoms with van der Waals surface area (Å²) in [4.78, 5) is 27.6. The fraction of sp³-hybridized carbons (Fsp3) is 0.393. The maximum Gasteiger partial charge on any atom is 0.410 e. The highest BCUT2D eigenvalue weighted by molar-refractivity contribution is 6.05. The lowest BCUT2D eigenvalue weighted by molar-refractivity contribution is 0.0188. The Morgan fingerprint density at radius 1 is 1.03 bits per heavy atom. The number of likely N-dealkylation sites (tertiary alicyclic amines) is 1. The van der Waals surface area contributed by atoms with Crippen LogP contribution in [0.1, 0.15) is 46.6 Å². The Balaban J connectivity index is 1.59. The molecule has 0 spiro atoms. The molecule has 188 valence electrons. The smallest absolute Gasteiger partial charge is 0.410 e. The van der Waals surface area contributed by atoms with E-state index in [1.54, 1.807) is 21.7 Å². The third-order valence-corrected chi connectivity index (χ3v) is 6.48. The fourth-order valence-electron chi connectivity index (χ4n) is 4.97. The van der Waals surface area contributed by atoms with Gasteiger partial charge in [0.2, 0.25) is 0 Å². The first-order valence-electron chi connectivity index (χ1n) is 12.5. The molecule has 2 aromatic heterocycles. The SMILES string of the molecule is CCOc1ccccc1-c1cccc2nn3ccc(=O)n(C4CCN(C(=O)OC(C)(C)C)CC4)c3c12. The molecule has 36 heavy (non-hydrogen) atoms. The van der Waals surface area contributed by atoms with Crippen molar-refractivity contribution in [1.29, 1.82) is 0 Å². The van der Waals surface area contributed by atoms with Gasteiger partial charge in [0, 0.05) is 37.0 Å². The van der Waals surface area contributed by atoms with Crippen LogP contribution in [0.15, 0.2) is 59.5 Å². The van der Waals surface area contributed by atoms with Gasteiger partial charge in [0.25, 0.3) is 5.56 Å². The summed E-state index contributed by atoms with van der Waals surface area (Å²) in [5.41, 5.74) is 2.88. The number of aromatic nitrogens is 3. The van der Waals surface area contributed by atoms with Gasteiger partial charge in [0.1, 0.15) is 17.0 Å². The molecule has 0 radical (unpaired) electrons. The Kier molecular flexibility index (Phi) is 6.20. The van der Waals surface area contributed by atoms with E-state index in [1.165, 1.54) is 0 Å². The molecule has 4 aromatic rings. The number of nitrogens with zero attached hydrogens (tertiary/aromatic N) is 4. The lowest BCUT2D eigenvalue weighted by Gasteiger charge is -2.34. The second kappa shape index (κ2) is 9.33. The van der Waals surface area contributed by atoms with Crippen molar-refractivity contribution in [1.82, 2.24) is 19.1 Å². The van der Waals surface area contributed by atoms with Crippen molar-refractivity contribution in [3.8, 4) is 16.9 Å². The molecular weight excluding hydrogens is 456 g/mol. The molecule has 8 heteroatoms. The van der Waals surface area contributed by atoms with Crippen molar-refractivity contribution >= 4 is 22.6 Å². The molecule has 5 rings (SSSR count). The van der Waals surface area contributed by atoms with Gasteiger partial charge in [-0.25, -0.2) is 9.31 Å². The largest absolute Gasteiger partial charge is 0.493 e. The van der Waals surface area contributed by atoms with Crippen LogP contribution in [-0.2, 0) is 4.74 Å². The molecule has 0 unspecified atom stereocenters. The maximum absolute atomic E-state index is 13.3. The Labute approximate surface area is 210 Å². The van der Waals surface area contributed by atoms with Crippen LogP contribution in [0.2, 0.25) is 0 Å². The van der Waals surface area contributed by atoms with Gasteiger partial charge in [0.05, 0.1) is 17.5 Å². The quantitative estimate of drug-likeness (QED) is 0.390. The van der Waals surface area contributed by atoms with Gasteiger partial charge in [-0.15, -0.1) is 0 Å². The molecule has 1 aliphatic heterocycles. The van der Waals surface area contributed by atoms with Crippen molar-refractivity contribution in [3.63, 3.8) is 0 Å². The van der Waals surface area contributed by atoms with Crippen LogP contribution < -0.4 is 10.3 Å². The number of hydrogen-bond donors (Lipinski definition) is 0. The monoisotopic (exact) mass is 488 g/mol. The Hall–Kier alpha value is -3.81. The lowest BCUT2D eigenvalue weighted by Crippen LogP contribution is -2.43. The van der Waals surface area contributed by atoms with E-state index in [2.05, 4.69) is 6.07 Å². The summed E-state index contributed by atoms with van der Waals surface area (Å²) < 4.78 is 15.1. The van der Waals surface area contributed by atoms with E-state index < -0.39 is 5.60 Å². The van der Waals surface area contributed by atoms with Crippen LogP contribution in [0.5, 0.6) is 5.75 Å². The number of carbonyl (C=O) groups is 1. The number of benzene rings is 2. The normalized spacial score (nSPS) is 14.9. The highest BCUT2D eigenvalue weighted by Crippen LogP contribution is 2.37. The number of para-hydroxylation sites is 1. The summed E-state index contributed by atoms with van der Waals surface area (Å²) in [6.07, 6.45) is 2.73. The molecule has 0 aliphatic carbocycles. The van der Waals surface area contributed by atoms with Crippen molar-refractivity contribution in [2.45, 2.75) is 52.2 Å². The third kappa shape index (κ3) is 4.43. The van der Waals surface area contributed by atoms with Crippen LogP contribution >= 0.6 is 0 Å². The topological polar surface area (TPSA) is 78.1 Å². The summed E-state index contributed by atoms with van der Waals surface area (Å²) in [6, 6.07) is 15.4. The second-order valence-corrected chi connectivity index (χ2v) is 10.1. The van der Waals surface area contributed by atoms with E-state index in [0.717, 1.165) is 33.4 Å². The summed E-state index contributed by atoms with van der Waals surface area (Å²) in [7, 11) is 0. The van der Waals surface area contributed by atoms with Gasteiger partial charge in [0.15, 0.2) is 0 Å². The minimum atomic E-state index is -0.541. The highest BCUT2D eigenvalue weighted by atomic mass is 16.6. The van der Waals surface area contributed by atoms with E-state index in [-0.39, 0.29) is 17.7 Å². The van der Waals surface area contributed by atoms with Crippen LogP contribution in [0.3, 0.4) is 0 Å². The average molecular weight is 489 g/mol. The van der Waals surface area contributed by atoms with Crippen LogP contribution in [0.4, 0.5) is 4.79 Å². The zero-order chi connectivity index (χ0) is 25.4. The fourth-order valence-corrected chi connectivity index (χ4v) is 4.97. The molecule has 0 atom stereocenters. The summed E-state index contributed by atoms with van der Waals surface area (Å²) in [5, 5.41) is 5.70. The minimum Gasteiger partial charge on any atom is -0.493 e. The molecule has 0 N–H and O–H groups in total. The second-order valence-electron chi connectivity index (χ2n) is 10.1. The maximum atomic E-state index is 13.3. The molecule has 3 heterocycles. The van der Waals surface area contributed by atoms with E-state index in [9.17, 15) is 9.59 Å². The van der Waals surface area contributed by atoms with E-state index in [1.807, 2.05) is 68.7 Å². The lowest BCUT2D eigenvalue weighted by atomic mass is 10.00. The molecule has 8 nitrogen and oxygen atoms in total. The predicted octanol–water partition coefficient (Wildman–Crippen LogP) is 5.29. The van der Waals surface area contributed by atoms with Gasteiger partial charge >= 0.3 is 6.09 Å². The summed E-state index contributed by atoms with van der Waals surface area (Å²) >= 11 is 0. The van der Waals surface area contributed by atoms with Crippen molar-refractivity contribution in [3.05, 3.63) is 65.1 Å².